The molecule has 0 aliphatic heterocycles. The maximum absolute atomic E-state index is 12.9. The predicted octanol–water partition coefficient (Wildman–Crippen LogP) is 2.89. The first kappa shape index (κ1) is 14.6. The summed E-state index contributed by atoms with van der Waals surface area (Å²) in [6.45, 7) is 0. The summed E-state index contributed by atoms with van der Waals surface area (Å²) >= 11 is 5.92. The molecule has 0 aliphatic carbocycles. The molecule has 4 nitrogen and oxygen atoms in total. The van der Waals surface area contributed by atoms with Crippen molar-refractivity contribution in [1.29, 1.82) is 0 Å². The summed E-state index contributed by atoms with van der Waals surface area (Å²) < 4.78 is 38.8. The van der Waals surface area contributed by atoms with Crippen molar-refractivity contribution in [2.24, 2.45) is 0 Å². The van der Waals surface area contributed by atoms with Crippen LogP contribution in [0.2, 0.25) is 5.02 Å². The third-order valence-corrected chi connectivity index (χ3v) is 5.05. The van der Waals surface area contributed by atoms with Gasteiger partial charge in [0.05, 0.1) is 10.7 Å². The minimum atomic E-state index is -3.83. The van der Waals surface area contributed by atoms with Gasteiger partial charge in [0.1, 0.15) is 10.7 Å². The lowest BCUT2D eigenvalue weighted by molar-refractivity contribution is 0.594. The number of halogens is 2. The van der Waals surface area contributed by atoms with E-state index in [0.717, 1.165) is 4.31 Å². The molecule has 0 saturated carbocycles. The van der Waals surface area contributed by atoms with Crippen LogP contribution in [0, 0.1) is 5.82 Å². The van der Waals surface area contributed by atoms with Crippen molar-refractivity contribution in [1.82, 2.24) is 0 Å². The number of rotatable bonds is 3. The van der Waals surface area contributed by atoms with Gasteiger partial charge in [-0.3, -0.25) is 4.31 Å². The molecule has 0 spiro atoms. The Bertz CT molecular complexity index is 733. The van der Waals surface area contributed by atoms with Crippen molar-refractivity contribution in [2.45, 2.75) is 4.90 Å². The Labute approximate surface area is 121 Å². The Morgan fingerprint density at radius 1 is 1.15 bits per heavy atom. The zero-order valence-corrected chi connectivity index (χ0v) is 12.1. The molecule has 0 aliphatic rings. The van der Waals surface area contributed by atoms with E-state index in [1.807, 2.05) is 0 Å². The molecule has 2 aromatic rings. The van der Waals surface area contributed by atoms with Crippen LogP contribution >= 0.6 is 11.6 Å². The highest BCUT2D eigenvalue weighted by Gasteiger charge is 2.24. The van der Waals surface area contributed by atoms with Crippen LogP contribution in [0.5, 0.6) is 0 Å². The molecule has 0 heterocycles. The largest absolute Gasteiger partial charge is 0.399 e. The topological polar surface area (TPSA) is 63.4 Å². The molecule has 7 heteroatoms. The number of sulfonamides is 1. The summed E-state index contributed by atoms with van der Waals surface area (Å²) in [4.78, 5) is -0.0554. The van der Waals surface area contributed by atoms with Gasteiger partial charge in [-0.2, -0.15) is 0 Å². The van der Waals surface area contributed by atoms with E-state index in [1.165, 1.54) is 49.5 Å². The average molecular weight is 315 g/mol. The fraction of sp³-hybridized carbons (Fsp3) is 0.0769. The summed E-state index contributed by atoms with van der Waals surface area (Å²) in [6.07, 6.45) is 0. The van der Waals surface area contributed by atoms with Crippen LogP contribution in [-0.2, 0) is 10.0 Å². The van der Waals surface area contributed by atoms with E-state index in [2.05, 4.69) is 0 Å². The fourth-order valence-corrected chi connectivity index (χ4v) is 3.38. The van der Waals surface area contributed by atoms with Gasteiger partial charge in [0.25, 0.3) is 10.0 Å². The van der Waals surface area contributed by atoms with Gasteiger partial charge in [0.2, 0.25) is 0 Å². The van der Waals surface area contributed by atoms with Gasteiger partial charge in [-0.25, -0.2) is 12.8 Å². The molecule has 0 amide bonds. The van der Waals surface area contributed by atoms with Crippen molar-refractivity contribution in [3.05, 3.63) is 53.3 Å². The minimum Gasteiger partial charge on any atom is -0.399 e. The Morgan fingerprint density at radius 2 is 1.75 bits per heavy atom. The highest BCUT2D eigenvalue weighted by Crippen LogP contribution is 2.28. The Balaban J connectivity index is 2.46. The fourth-order valence-electron chi connectivity index (χ4n) is 1.66. The molecule has 0 aromatic heterocycles. The van der Waals surface area contributed by atoms with Gasteiger partial charge >= 0.3 is 0 Å². The third-order valence-electron chi connectivity index (χ3n) is 2.78. The van der Waals surface area contributed by atoms with Crippen LogP contribution in [0.15, 0.2) is 47.4 Å². The van der Waals surface area contributed by atoms with Crippen molar-refractivity contribution in [3.63, 3.8) is 0 Å². The summed E-state index contributed by atoms with van der Waals surface area (Å²) in [5.74, 6) is -0.440. The number of benzene rings is 2. The van der Waals surface area contributed by atoms with Crippen molar-refractivity contribution in [2.75, 3.05) is 17.1 Å². The highest BCUT2D eigenvalue weighted by atomic mass is 35.5. The average Bonchev–Trinajstić information content (AvgIpc) is 2.38. The van der Waals surface area contributed by atoms with E-state index < -0.39 is 15.8 Å². The summed E-state index contributed by atoms with van der Waals surface area (Å²) in [5, 5.41) is 0.0407. The number of nitrogens with two attached hydrogens (primary N) is 1. The maximum atomic E-state index is 12.9. The molecule has 20 heavy (non-hydrogen) atoms. The van der Waals surface area contributed by atoms with Gasteiger partial charge in [0.15, 0.2) is 0 Å². The third kappa shape index (κ3) is 2.71. The van der Waals surface area contributed by atoms with Crippen LogP contribution in [0.3, 0.4) is 0 Å². The molecule has 0 unspecified atom stereocenters. The second-order valence-electron chi connectivity index (χ2n) is 4.14. The van der Waals surface area contributed by atoms with Crippen LogP contribution in [0.1, 0.15) is 0 Å². The second kappa shape index (κ2) is 5.30. The first-order valence-electron chi connectivity index (χ1n) is 5.62. The molecule has 2 N–H and O–H groups in total. The molecular weight excluding hydrogens is 303 g/mol. The van der Waals surface area contributed by atoms with Gasteiger partial charge in [-0.1, -0.05) is 11.6 Å². The van der Waals surface area contributed by atoms with Crippen LogP contribution in [0.4, 0.5) is 15.8 Å². The van der Waals surface area contributed by atoms with E-state index >= 15 is 0 Å². The van der Waals surface area contributed by atoms with Crippen LogP contribution in [-0.4, -0.2) is 15.5 Å². The normalized spacial score (nSPS) is 11.3. The molecule has 2 aromatic carbocycles. The monoisotopic (exact) mass is 314 g/mol. The lowest BCUT2D eigenvalue weighted by Gasteiger charge is -2.20. The minimum absolute atomic E-state index is 0.0407. The quantitative estimate of drug-likeness (QED) is 0.886. The predicted molar refractivity (Wildman–Crippen MR) is 77.9 cm³/mol. The number of anilines is 2. The van der Waals surface area contributed by atoms with E-state index in [9.17, 15) is 12.8 Å². The van der Waals surface area contributed by atoms with Gasteiger partial charge in [-0.05, 0) is 42.5 Å². The highest BCUT2D eigenvalue weighted by molar-refractivity contribution is 7.93. The number of nitrogens with zero attached hydrogens (tertiary/aromatic N) is 1. The number of nitrogen functional groups attached to an aromatic ring is 1. The zero-order chi connectivity index (χ0) is 14.9. The lowest BCUT2D eigenvalue weighted by Crippen LogP contribution is -2.26. The molecule has 0 radical (unpaired) electrons. The molecule has 0 bridgehead atoms. The summed E-state index contributed by atoms with van der Waals surface area (Å²) in [5.41, 5.74) is 6.25. The van der Waals surface area contributed by atoms with E-state index in [0.29, 0.717) is 11.4 Å². The molecule has 0 saturated heterocycles. The Hall–Kier alpha value is -1.79. The van der Waals surface area contributed by atoms with E-state index in [4.69, 9.17) is 17.3 Å². The molecule has 106 valence electrons. The molecule has 0 atom stereocenters. The smallest absolute Gasteiger partial charge is 0.265 e. The van der Waals surface area contributed by atoms with E-state index in [1.54, 1.807) is 0 Å². The van der Waals surface area contributed by atoms with E-state index in [-0.39, 0.29) is 9.92 Å². The number of hydrogen-bond acceptors (Lipinski definition) is 3. The lowest BCUT2D eigenvalue weighted by atomic mass is 10.3. The van der Waals surface area contributed by atoms with Gasteiger partial charge in [0, 0.05) is 12.7 Å². The van der Waals surface area contributed by atoms with Gasteiger partial charge in [-0.15, -0.1) is 0 Å². The van der Waals surface area contributed by atoms with Crippen molar-refractivity contribution in [3.8, 4) is 0 Å². The summed E-state index contributed by atoms with van der Waals surface area (Å²) in [6, 6.07) is 9.28. The Kier molecular flexibility index (Phi) is 3.87. The van der Waals surface area contributed by atoms with Crippen LogP contribution < -0.4 is 10.0 Å². The van der Waals surface area contributed by atoms with Crippen molar-refractivity contribution < 1.29 is 12.8 Å². The second-order valence-corrected chi connectivity index (χ2v) is 6.48. The Morgan fingerprint density at radius 3 is 2.30 bits per heavy atom. The molecular formula is C13H12ClFN2O2S. The van der Waals surface area contributed by atoms with Crippen molar-refractivity contribution >= 4 is 33.0 Å². The SMILES string of the molecule is CN(c1ccc(F)cc1)S(=O)(=O)c1ccc(N)cc1Cl. The molecule has 2 rings (SSSR count). The maximum Gasteiger partial charge on any atom is 0.265 e. The molecule has 0 fully saturated rings. The van der Waals surface area contributed by atoms with Crippen LogP contribution in [0.25, 0.3) is 0 Å². The number of hydrogen-bond donors (Lipinski definition) is 1. The first-order chi connectivity index (χ1) is 9.32. The summed E-state index contributed by atoms with van der Waals surface area (Å²) in [7, 11) is -2.46. The zero-order valence-electron chi connectivity index (χ0n) is 10.5. The standard InChI is InChI=1S/C13H12ClFN2O2S/c1-17(11-5-2-9(15)3-6-11)20(18,19)13-7-4-10(16)8-12(13)14/h2-8H,16H2,1H3. The van der Waals surface area contributed by atoms with Gasteiger partial charge < -0.3 is 5.73 Å². The first-order valence-corrected chi connectivity index (χ1v) is 7.43.